The number of amides is 1. The average Bonchev–Trinajstić information content (AvgIpc) is 3.10. The molecule has 1 saturated heterocycles. The van der Waals surface area contributed by atoms with Crippen LogP contribution >= 0.6 is 0 Å². The highest BCUT2D eigenvalue weighted by molar-refractivity contribution is 5.94. The van der Waals surface area contributed by atoms with Crippen molar-refractivity contribution in [1.82, 2.24) is 14.9 Å². The molecule has 0 bridgehead atoms. The molecule has 25 heavy (non-hydrogen) atoms. The Hall–Kier alpha value is -3.23. The van der Waals surface area contributed by atoms with Gasteiger partial charge in [-0.05, 0) is 18.6 Å². The van der Waals surface area contributed by atoms with Crippen molar-refractivity contribution in [2.45, 2.75) is 12.5 Å². The second-order valence-corrected chi connectivity index (χ2v) is 5.63. The first-order valence-corrected chi connectivity index (χ1v) is 7.73. The van der Waals surface area contributed by atoms with E-state index >= 15 is 0 Å². The lowest BCUT2D eigenvalue weighted by Gasteiger charge is -2.17. The summed E-state index contributed by atoms with van der Waals surface area (Å²) >= 11 is 0. The van der Waals surface area contributed by atoms with Gasteiger partial charge >= 0.3 is 0 Å². The molecule has 9 heteroatoms. The van der Waals surface area contributed by atoms with Gasteiger partial charge in [-0.1, -0.05) is 0 Å². The number of carbonyl (C=O) groups is 1. The molecule has 130 valence electrons. The molecule has 0 aromatic carbocycles. The van der Waals surface area contributed by atoms with Crippen molar-refractivity contribution in [3.8, 4) is 5.88 Å². The predicted molar refractivity (Wildman–Crippen MR) is 89.6 cm³/mol. The van der Waals surface area contributed by atoms with E-state index in [4.69, 9.17) is 4.74 Å². The molecule has 3 rings (SSSR count). The van der Waals surface area contributed by atoms with Gasteiger partial charge in [0.2, 0.25) is 5.88 Å². The monoisotopic (exact) mass is 343 g/mol. The summed E-state index contributed by atoms with van der Waals surface area (Å²) in [6.07, 6.45) is 3.48. The third-order valence-corrected chi connectivity index (χ3v) is 3.98. The Morgan fingerprint density at radius 1 is 1.32 bits per heavy atom. The van der Waals surface area contributed by atoms with Crippen LogP contribution in [0, 0.1) is 10.1 Å². The van der Waals surface area contributed by atoms with Crippen LogP contribution in [0.1, 0.15) is 16.8 Å². The normalized spacial score (nSPS) is 16.5. The summed E-state index contributed by atoms with van der Waals surface area (Å²) in [6.45, 7) is 1.15. The number of ether oxygens (including phenoxy) is 1. The average molecular weight is 343 g/mol. The largest absolute Gasteiger partial charge is 0.481 e. The molecule has 1 atom stereocenters. The molecular weight excluding hydrogens is 326 g/mol. The Balaban J connectivity index is 1.59. The zero-order valence-electron chi connectivity index (χ0n) is 13.6. The number of methoxy groups -OCH3 is 1. The van der Waals surface area contributed by atoms with Gasteiger partial charge in [0.25, 0.3) is 11.6 Å². The number of pyridine rings is 2. The third kappa shape index (κ3) is 3.82. The zero-order valence-corrected chi connectivity index (χ0v) is 13.6. The molecule has 0 spiro atoms. The lowest BCUT2D eigenvalue weighted by molar-refractivity contribution is -0.385. The number of nitro groups is 1. The maximum atomic E-state index is 12.5. The van der Waals surface area contributed by atoms with Crippen molar-refractivity contribution in [2.24, 2.45) is 0 Å². The lowest BCUT2D eigenvalue weighted by Crippen LogP contribution is -2.31. The quantitative estimate of drug-likeness (QED) is 0.650. The first-order valence-electron chi connectivity index (χ1n) is 7.73. The number of nitrogens with zero attached hydrogens (tertiary/aromatic N) is 4. The van der Waals surface area contributed by atoms with Gasteiger partial charge in [-0.3, -0.25) is 14.9 Å². The fourth-order valence-electron chi connectivity index (χ4n) is 2.66. The van der Waals surface area contributed by atoms with E-state index in [9.17, 15) is 14.9 Å². The number of anilines is 1. The fraction of sp³-hybridized carbons (Fsp3) is 0.312. The summed E-state index contributed by atoms with van der Waals surface area (Å²) in [7, 11) is 1.52. The Bertz CT molecular complexity index is 763. The van der Waals surface area contributed by atoms with Gasteiger partial charge in [0, 0.05) is 37.5 Å². The van der Waals surface area contributed by atoms with Gasteiger partial charge in [0.1, 0.15) is 12.0 Å². The highest BCUT2D eigenvalue weighted by atomic mass is 16.6. The van der Waals surface area contributed by atoms with E-state index in [1.54, 1.807) is 23.1 Å². The summed E-state index contributed by atoms with van der Waals surface area (Å²) in [5.41, 5.74) is 0.454. The minimum absolute atomic E-state index is 0.0455. The topological polar surface area (TPSA) is 110 Å². The molecule has 1 N–H and O–H groups in total. The SMILES string of the molecule is COc1ccc(C(=O)N2CCC(Nc3ccc([N+](=O)[O-])cn3)C2)cn1. The molecule has 0 saturated carbocycles. The summed E-state index contributed by atoms with van der Waals surface area (Å²) in [5.74, 6) is 0.925. The summed E-state index contributed by atoms with van der Waals surface area (Å²) in [6, 6.07) is 6.35. The van der Waals surface area contributed by atoms with Gasteiger partial charge in [-0.25, -0.2) is 9.97 Å². The van der Waals surface area contributed by atoms with E-state index in [1.807, 2.05) is 0 Å². The van der Waals surface area contributed by atoms with Crippen molar-refractivity contribution < 1.29 is 14.5 Å². The zero-order chi connectivity index (χ0) is 17.8. The van der Waals surface area contributed by atoms with Crippen LogP contribution in [-0.4, -0.2) is 51.9 Å². The summed E-state index contributed by atoms with van der Waals surface area (Å²) in [5, 5.41) is 13.8. The Labute approximate surface area is 143 Å². The van der Waals surface area contributed by atoms with E-state index in [0.29, 0.717) is 30.4 Å². The lowest BCUT2D eigenvalue weighted by atomic mass is 10.2. The number of rotatable bonds is 5. The predicted octanol–water partition coefficient (Wildman–Crippen LogP) is 1.72. The van der Waals surface area contributed by atoms with Crippen LogP contribution in [0.2, 0.25) is 0 Å². The van der Waals surface area contributed by atoms with E-state index in [1.165, 1.54) is 25.6 Å². The highest BCUT2D eigenvalue weighted by Crippen LogP contribution is 2.19. The van der Waals surface area contributed by atoms with Gasteiger partial charge in [0.05, 0.1) is 17.6 Å². The van der Waals surface area contributed by atoms with E-state index in [0.717, 1.165) is 6.42 Å². The first-order chi connectivity index (χ1) is 12.1. The molecule has 2 aromatic heterocycles. The third-order valence-electron chi connectivity index (χ3n) is 3.98. The Kier molecular flexibility index (Phi) is 4.73. The van der Waals surface area contributed by atoms with Crippen LogP contribution in [0.15, 0.2) is 36.7 Å². The number of hydrogen-bond donors (Lipinski definition) is 1. The van der Waals surface area contributed by atoms with E-state index in [2.05, 4.69) is 15.3 Å². The molecule has 1 fully saturated rings. The number of likely N-dealkylation sites (tertiary alicyclic amines) is 1. The van der Waals surface area contributed by atoms with Crippen LogP contribution in [0.5, 0.6) is 5.88 Å². The van der Waals surface area contributed by atoms with Crippen molar-refractivity contribution in [3.05, 3.63) is 52.3 Å². The Morgan fingerprint density at radius 3 is 2.76 bits per heavy atom. The van der Waals surface area contributed by atoms with Gasteiger partial charge in [-0.15, -0.1) is 0 Å². The maximum Gasteiger partial charge on any atom is 0.287 e. The second kappa shape index (κ2) is 7.12. The van der Waals surface area contributed by atoms with E-state index < -0.39 is 4.92 Å². The molecular formula is C16H17N5O4. The van der Waals surface area contributed by atoms with Gasteiger partial charge in [-0.2, -0.15) is 0 Å². The van der Waals surface area contributed by atoms with Crippen molar-refractivity contribution in [3.63, 3.8) is 0 Å². The minimum Gasteiger partial charge on any atom is -0.481 e. The molecule has 1 unspecified atom stereocenters. The van der Waals surface area contributed by atoms with Crippen LogP contribution in [0.3, 0.4) is 0 Å². The molecule has 2 aromatic rings. The summed E-state index contributed by atoms with van der Waals surface area (Å²) < 4.78 is 4.99. The molecule has 1 aliphatic rings. The molecule has 1 amide bonds. The molecule has 9 nitrogen and oxygen atoms in total. The molecule has 1 aliphatic heterocycles. The highest BCUT2D eigenvalue weighted by Gasteiger charge is 2.27. The Morgan fingerprint density at radius 2 is 2.16 bits per heavy atom. The number of hydrogen-bond acceptors (Lipinski definition) is 7. The number of carbonyl (C=O) groups excluding carboxylic acids is 1. The van der Waals surface area contributed by atoms with Gasteiger partial charge in [0.15, 0.2) is 0 Å². The van der Waals surface area contributed by atoms with E-state index in [-0.39, 0.29) is 17.6 Å². The summed E-state index contributed by atoms with van der Waals surface area (Å²) in [4.78, 5) is 32.5. The smallest absolute Gasteiger partial charge is 0.287 e. The number of aromatic nitrogens is 2. The van der Waals surface area contributed by atoms with Crippen LogP contribution < -0.4 is 10.1 Å². The molecule has 0 radical (unpaired) electrons. The maximum absolute atomic E-state index is 12.5. The fourth-order valence-corrected chi connectivity index (χ4v) is 2.66. The van der Waals surface area contributed by atoms with Crippen molar-refractivity contribution in [2.75, 3.05) is 25.5 Å². The van der Waals surface area contributed by atoms with Crippen molar-refractivity contribution in [1.29, 1.82) is 0 Å². The van der Waals surface area contributed by atoms with Crippen LogP contribution in [0.4, 0.5) is 11.5 Å². The standard InChI is InChI=1S/C16H17N5O4/c1-25-15-5-2-11(8-18-15)16(22)20-7-6-12(10-20)19-14-4-3-13(9-17-14)21(23)24/h2-5,8-9,12H,6-7,10H2,1H3,(H,17,19). The van der Waals surface area contributed by atoms with Gasteiger partial charge < -0.3 is 15.0 Å². The van der Waals surface area contributed by atoms with Crippen LogP contribution in [0.25, 0.3) is 0 Å². The number of nitrogens with one attached hydrogen (secondary N) is 1. The molecule has 3 heterocycles. The minimum atomic E-state index is -0.490. The molecule has 0 aliphatic carbocycles. The second-order valence-electron chi connectivity index (χ2n) is 5.63. The first kappa shape index (κ1) is 16.6. The van der Waals surface area contributed by atoms with Crippen molar-refractivity contribution >= 4 is 17.4 Å². The van der Waals surface area contributed by atoms with Crippen LogP contribution in [-0.2, 0) is 0 Å².